The molecule has 0 radical (unpaired) electrons. The number of cyclic esters (lactones) is 1. The van der Waals surface area contributed by atoms with Crippen LogP contribution in [0.15, 0.2) is 18.2 Å². The molecule has 1 aromatic carbocycles. The summed E-state index contributed by atoms with van der Waals surface area (Å²) in [5.74, 6) is 0.442. The molecule has 0 saturated carbocycles. The number of benzene rings is 1. The number of esters is 1. The molecule has 2 rings (SSSR count). The molecular formula is C20H33ClN2O5. The number of nitrogens with one attached hydrogen (secondary N) is 1. The molecule has 1 heterocycles. The summed E-state index contributed by atoms with van der Waals surface area (Å²) in [4.78, 5) is 11.1. The van der Waals surface area contributed by atoms with E-state index >= 15 is 0 Å². The predicted octanol–water partition coefficient (Wildman–Crippen LogP) is 2.53. The fraction of sp³-hybridized carbons (Fsp3) is 0.650. The molecule has 1 aromatic rings. The average Bonchev–Trinajstić information content (AvgIpc) is 3.11. The zero-order chi connectivity index (χ0) is 20.8. The normalized spacial score (nSPS) is 16.9. The highest BCUT2D eigenvalue weighted by Gasteiger charge is 2.28. The Morgan fingerprint density at radius 3 is 2.71 bits per heavy atom. The minimum Gasteiger partial charge on any atom is -0.492 e. The Labute approximate surface area is 172 Å². The lowest BCUT2D eigenvalue weighted by Gasteiger charge is -2.18. The first kappa shape index (κ1) is 24.7. The smallest absolute Gasteiger partial charge is 0.306 e. The molecule has 0 aromatic heterocycles. The maximum atomic E-state index is 11.1. The molecule has 1 aliphatic rings. The highest BCUT2D eigenvalue weighted by atomic mass is 35.5. The van der Waals surface area contributed by atoms with E-state index in [0.29, 0.717) is 56.6 Å². The number of carbonyl (C=O) groups excluding carboxylic acids is 1. The van der Waals surface area contributed by atoms with Gasteiger partial charge in [0.15, 0.2) is 0 Å². The number of hydrogen-bond acceptors (Lipinski definition) is 7. The van der Waals surface area contributed by atoms with E-state index in [9.17, 15) is 4.79 Å². The van der Waals surface area contributed by atoms with Crippen molar-refractivity contribution in [1.29, 1.82) is 0 Å². The van der Waals surface area contributed by atoms with Crippen molar-refractivity contribution in [2.45, 2.75) is 44.9 Å². The third-order valence-electron chi connectivity index (χ3n) is 3.86. The monoisotopic (exact) mass is 416 g/mol. The SMILES string of the molecule is CCOCCCOc1cc(COCC(N)C2CCC(=O)O2)ccc1Cl.CNC. The lowest BCUT2D eigenvalue weighted by atomic mass is 10.1. The van der Waals surface area contributed by atoms with Gasteiger partial charge in [-0.25, -0.2) is 0 Å². The summed E-state index contributed by atoms with van der Waals surface area (Å²) >= 11 is 6.16. The lowest BCUT2D eigenvalue weighted by Crippen LogP contribution is -2.38. The van der Waals surface area contributed by atoms with Crippen LogP contribution in [0.5, 0.6) is 5.75 Å². The van der Waals surface area contributed by atoms with Gasteiger partial charge in [0.25, 0.3) is 0 Å². The Morgan fingerprint density at radius 1 is 1.32 bits per heavy atom. The van der Waals surface area contributed by atoms with Gasteiger partial charge in [-0.15, -0.1) is 0 Å². The van der Waals surface area contributed by atoms with Gasteiger partial charge in [-0.1, -0.05) is 17.7 Å². The van der Waals surface area contributed by atoms with E-state index in [1.165, 1.54) is 0 Å². The molecule has 2 unspecified atom stereocenters. The molecule has 1 fully saturated rings. The summed E-state index contributed by atoms with van der Waals surface area (Å²) in [5.41, 5.74) is 6.95. The molecule has 8 heteroatoms. The van der Waals surface area contributed by atoms with E-state index in [-0.39, 0.29) is 18.1 Å². The van der Waals surface area contributed by atoms with Crippen LogP contribution in [-0.4, -0.2) is 58.6 Å². The minimum atomic E-state index is -0.312. The van der Waals surface area contributed by atoms with Crippen LogP contribution < -0.4 is 15.8 Å². The average molecular weight is 417 g/mol. The fourth-order valence-electron chi connectivity index (χ4n) is 2.50. The molecule has 28 heavy (non-hydrogen) atoms. The second-order valence-corrected chi connectivity index (χ2v) is 6.82. The molecule has 0 bridgehead atoms. The van der Waals surface area contributed by atoms with Gasteiger partial charge in [-0.2, -0.15) is 0 Å². The van der Waals surface area contributed by atoms with Crippen LogP contribution in [0.25, 0.3) is 0 Å². The topological polar surface area (TPSA) is 92.0 Å². The maximum absolute atomic E-state index is 11.1. The van der Waals surface area contributed by atoms with Crippen molar-refractivity contribution in [2.75, 3.05) is 40.5 Å². The van der Waals surface area contributed by atoms with Crippen LogP contribution in [0.2, 0.25) is 5.02 Å². The van der Waals surface area contributed by atoms with Crippen LogP contribution in [0.1, 0.15) is 31.7 Å². The molecule has 7 nitrogen and oxygen atoms in total. The molecule has 1 saturated heterocycles. The quantitative estimate of drug-likeness (QED) is 0.423. The largest absolute Gasteiger partial charge is 0.492 e. The standard InChI is InChI=1S/C18H26ClNO5.C2H7N/c1-2-22-8-3-9-24-17-10-13(4-5-14(17)19)11-23-12-15(20)16-6-7-18(21)25-16;1-3-2/h4-5,10,15-16H,2-3,6-9,11-12,20H2,1H3;3H,1-2H3. The predicted molar refractivity (Wildman–Crippen MR) is 110 cm³/mol. The molecule has 0 spiro atoms. The van der Waals surface area contributed by atoms with Crippen molar-refractivity contribution in [2.24, 2.45) is 5.73 Å². The van der Waals surface area contributed by atoms with Crippen LogP contribution in [0.3, 0.4) is 0 Å². The van der Waals surface area contributed by atoms with E-state index in [4.69, 9.17) is 36.3 Å². The molecule has 160 valence electrons. The van der Waals surface area contributed by atoms with Crippen LogP contribution in [0.4, 0.5) is 0 Å². The number of rotatable bonds is 11. The third-order valence-corrected chi connectivity index (χ3v) is 4.17. The zero-order valence-electron chi connectivity index (χ0n) is 17.0. The first-order valence-corrected chi connectivity index (χ1v) is 9.99. The highest BCUT2D eigenvalue weighted by Crippen LogP contribution is 2.26. The molecular weight excluding hydrogens is 384 g/mol. The Balaban J connectivity index is 0.00000122. The van der Waals surface area contributed by atoms with Crippen LogP contribution >= 0.6 is 11.6 Å². The van der Waals surface area contributed by atoms with E-state index in [1.54, 1.807) is 6.07 Å². The van der Waals surface area contributed by atoms with E-state index < -0.39 is 0 Å². The lowest BCUT2D eigenvalue weighted by molar-refractivity contribution is -0.142. The van der Waals surface area contributed by atoms with Gasteiger partial charge >= 0.3 is 5.97 Å². The molecule has 0 amide bonds. The highest BCUT2D eigenvalue weighted by molar-refractivity contribution is 6.32. The van der Waals surface area contributed by atoms with Crippen molar-refractivity contribution in [3.05, 3.63) is 28.8 Å². The number of halogens is 1. The Hall–Kier alpha value is -1.38. The first-order valence-electron chi connectivity index (χ1n) is 9.62. The van der Waals surface area contributed by atoms with Gasteiger partial charge in [0, 0.05) is 26.1 Å². The van der Waals surface area contributed by atoms with Gasteiger partial charge in [0.1, 0.15) is 11.9 Å². The van der Waals surface area contributed by atoms with Crippen LogP contribution in [0, 0.1) is 0 Å². The van der Waals surface area contributed by atoms with Gasteiger partial charge in [0.2, 0.25) is 0 Å². The van der Waals surface area contributed by atoms with Gasteiger partial charge in [-0.05, 0) is 45.1 Å². The third kappa shape index (κ3) is 9.71. The second kappa shape index (κ2) is 14.6. The van der Waals surface area contributed by atoms with Crippen molar-refractivity contribution in [3.63, 3.8) is 0 Å². The van der Waals surface area contributed by atoms with Gasteiger partial charge in [-0.3, -0.25) is 4.79 Å². The summed E-state index contributed by atoms with van der Waals surface area (Å²) in [6, 6.07) is 5.23. The van der Waals surface area contributed by atoms with Crippen molar-refractivity contribution < 1.29 is 23.7 Å². The Kier molecular flexibility index (Phi) is 12.9. The fourth-order valence-corrected chi connectivity index (χ4v) is 2.68. The van der Waals surface area contributed by atoms with Crippen molar-refractivity contribution in [1.82, 2.24) is 5.32 Å². The minimum absolute atomic E-state index is 0.190. The van der Waals surface area contributed by atoms with Crippen molar-refractivity contribution in [3.8, 4) is 5.75 Å². The first-order chi connectivity index (χ1) is 13.5. The summed E-state index contributed by atoms with van der Waals surface area (Å²) in [7, 11) is 3.75. The number of nitrogens with two attached hydrogens (primary N) is 1. The summed E-state index contributed by atoms with van der Waals surface area (Å²) < 4.78 is 21.8. The van der Waals surface area contributed by atoms with E-state index in [0.717, 1.165) is 12.0 Å². The Morgan fingerprint density at radius 2 is 2.07 bits per heavy atom. The number of ether oxygens (including phenoxy) is 4. The molecule has 1 aliphatic heterocycles. The van der Waals surface area contributed by atoms with Crippen LogP contribution in [-0.2, 0) is 25.6 Å². The van der Waals surface area contributed by atoms with E-state index in [1.807, 2.05) is 33.2 Å². The van der Waals surface area contributed by atoms with Gasteiger partial charge in [0.05, 0.1) is 30.9 Å². The summed E-state index contributed by atoms with van der Waals surface area (Å²) in [6.45, 7) is 4.59. The second-order valence-electron chi connectivity index (χ2n) is 6.41. The molecule has 2 atom stereocenters. The summed E-state index contributed by atoms with van der Waals surface area (Å²) in [5, 5.41) is 3.31. The zero-order valence-corrected chi connectivity index (χ0v) is 17.8. The number of hydrogen-bond donors (Lipinski definition) is 2. The molecule has 0 aliphatic carbocycles. The summed E-state index contributed by atoms with van der Waals surface area (Å²) in [6.07, 6.45) is 1.64. The van der Waals surface area contributed by atoms with Gasteiger partial charge < -0.3 is 30.0 Å². The number of carbonyl (C=O) groups is 1. The Bertz CT molecular complexity index is 574. The van der Waals surface area contributed by atoms with Crippen molar-refractivity contribution >= 4 is 17.6 Å². The maximum Gasteiger partial charge on any atom is 0.306 e. The van der Waals surface area contributed by atoms with E-state index in [2.05, 4.69) is 5.32 Å². The molecule has 3 N–H and O–H groups in total.